The Hall–Kier alpha value is -2.00. The summed E-state index contributed by atoms with van der Waals surface area (Å²) in [7, 11) is 0. The molecule has 1 aromatic carbocycles. The molecule has 122 valence electrons. The Bertz CT molecular complexity index is 643. The minimum Gasteiger partial charge on any atom is -0.343 e. The van der Waals surface area contributed by atoms with Gasteiger partial charge in [0.2, 0.25) is 11.8 Å². The second kappa shape index (κ2) is 7.51. The van der Waals surface area contributed by atoms with Gasteiger partial charge in [0.1, 0.15) is 6.04 Å². The van der Waals surface area contributed by atoms with Gasteiger partial charge >= 0.3 is 0 Å². The Kier molecular flexibility index (Phi) is 5.67. The van der Waals surface area contributed by atoms with Crippen LogP contribution in [0.3, 0.4) is 0 Å². The number of hydrogen-bond donors (Lipinski definition) is 1. The predicted octanol–water partition coefficient (Wildman–Crippen LogP) is 2.09. The summed E-state index contributed by atoms with van der Waals surface area (Å²) in [6, 6.07) is 5.65. The van der Waals surface area contributed by atoms with E-state index in [0.717, 1.165) is 16.8 Å². The van der Waals surface area contributed by atoms with Gasteiger partial charge in [-0.1, -0.05) is 17.7 Å². The topological polar surface area (TPSA) is 73.2 Å². The number of thioether (sulfide) groups is 1. The quantitative estimate of drug-likeness (QED) is 0.839. The van der Waals surface area contributed by atoms with Crippen molar-refractivity contribution in [1.29, 1.82) is 5.26 Å². The normalized spacial score (nSPS) is 17.2. The van der Waals surface area contributed by atoms with Crippen molar-refractivity contribution >= 4 is 29.3 Å². The van der Waals surface area contributed by atoms with Crippen LogP contribution in [0.15, 0.2) is 12.1 Å². The van der Waals surface area contributed by atoms with Crippen LogP contribution in [0.4, 0.5) is 5.69 Å². The fourth-order valence-corrected chi connectivity index (χ4v) is 3.52. The van der Waals surface area contributed by atoms with Gasteiger partial charge in [-0.15, -0.1) is 11.8 Å². The van der Waals surface area contributed by atoms with E-state index in [9.17, 15) is 9.59 Å². The highest BCUT2D eigenvalue weighted by Gasteiger charge is 2.34. The number of aryl methyl sites for hydroxylation is 3. The largest absolute Gasteiger partial charge is 0.343 e. The van der Waals surface area contributed by atoms with Gasteiger partial charge < -0.3 is 10.2 Å². The monoisotopic (exact) mass is 331 g/mol. The van der Waals surface area contributed by atoms with Crippen molar-refractivity contribution < 1.29 is 9.59 Å². The molecule has 1 aliphatic rings. The molecular formula is C17H21N3O2S. The van der Waals surface area contributed by atoms with Gasteiger partial charge in [0.25, 0.3) is 0 Å². The maximum atomic E-state index is 12.6. The third kappa shape index (κ3) is 4.05. The highest BCUT2D eigenvalue weighted by atomic mass is 32.2. The van der Waals surface area contributed by atoms with Crippen LogP contribution in [-0.2, 0) is 9.59 Å². The van der Waals surface area contributed by atoms with Crippen LogP contribution in [0.25, 0.3) is 0 Å². The van der Waals surface area contributed by atoms with Gasteiger partial charge in [0.05, 0.1) is 17.6 Å². The fraction of sp³-hybridized carbons (Fsp3) is 0.471. The minimum absolute atomic E-state index is 0.0568. The van der Waals surface area contributed by atoms with Gasteiger partial charge in [-0.25, -0.2) is 0 Å². The lowest BCUT2D eigenvalue weighted by Gasteiger charge is -2.22. The molecule has 0 unspecified atom stereocenters. The standard InChI is InChI=1S/C17H21N3O2S/c1-11-8-12(2)16(13(3)9-11)20-6-4-14(17(20)22)19-15(21)10-23-7-5-18/h8-9,14H,4,6-7,10H2,1-3H3,(H,19,21)/t14-/m1/s1. The number of nitrogens with zero attached hydrogens (tertiary/aromatic N) is 2. The molecule has 0 spiro atoms. The Balaban J connectivity index is 2.05. The van der Waals surface area contributed by atoms with Crippen molar-refractivity contribution in [3.63, 3.8) is 0 Å². The lowest BCUT2D eigenvalue weighted by molar-refractivity contribution is -0.124. The second-order valence-corrected chi connectivity index (χ2v) is 6.78. The van der Waals surface area contributed by atoms with Crippen molar-refractivity contribution in [3.8, 4) is 6.07 Å². The molecule has 0 aromatic heterocycles. The van der Waals surface area contributed by atoms with E-state index in [4.69, 9.17) is 5.26 Å². The van der Waals surface area contributed by atoms with Gasteiger partial charge in [0, 0.05) is 12.2 Å². The second-order valence-electron chi connectivity index (χ2n) is 5.80. The van der Waals surface area contributed by atoms with E-state index in [1.54, 1.807) is 4.90 Å². The van der Waals surface area contributed by atoms with E-state index in [0.29, 0.717) is 13.0 Å². The molecule has 0 radical (unpaired) electrons. The summed E-state index contributed by atoms with van der Waals surface area (Å²) >= 11 is 1.25. The number of hydrogen-bond acceptors (Lipinski definition) is 4. The average Bonchev–Trinajstić information content (AvgIpc) is 2.80. The molecule has 5 nitrogen and oxygen atoms in total. The summed E-state index contributed by atoms with van der Waals surface area (Å²) in [5.41, 5.74) is 4.28. The van der Waals surface area contributed by atoms with Gasteiger partial charge in [-0.2, -0.15) is 5.26 Å². The summed E-state index contributed by atoms with van der Waals surface area (Å²) in [5.74, 6) is 0.237. The number of nitriles is 1. The van der Waals surface area contributed by atoms with Gasteiger partial charge in [-0.05, 0) is 38.3 Å². The molecule has 1 atom stereocenters. The first-order valence-electron chi connectivity index (χ1n) is 7.57. The molecule has 1 fully saturated rings. The SMILES string of the molecule is Cc1cc(C)c(N2CC[C@@H](NC(=O)CSCC#N)C2=O)c(C)c1. The van der Waals surface area contributed by atoms with Gasteiger partial charge in [0.15, 0.2) is 0 Å². The number of anilines is 1. The van der Waals surface area contributed by atoms with Crippen LogP contribution in [0.1, 0.15) is 23.1 Å². The Morgan fingerprint density at radius 2 is 2.04 bits per heavy atom. The van der Waals surface area contributed by atoms with Crippen LogP contribution < -0.4 is 10.2 Å². The Morgan fingerprint density at radius 1 is 1.39 bits per heavy atom. The first-order chi connectivity index (χ1) is 10.9. The molecule has 1 saturated heterocycles. The Labute approximate surface area is 141 Å². The van der Waals surface area contributed by atoms with E-state index in [2.05, 4.69) is 17.4 Å². The van der Waals surface area contributed by atoms with Crippen molar-refractivity contribution in [3.05, 3.63) is 28.8 Å². The molecule has 0 bridgehead atoms. The number of carbonyl (C=O) groups excluding carboxylic acids is 2. The van der Waals surface area contributed by atoms with Crippen LogP contribution in [0, 0.1) is 32.1 Å². The molecule has 0 aliphatic carbocycles. The van der Waals surface area contributed by atoms with E-state index >= 15 is 0 Å². The zero-order valence-electron chi connectivity index (χ0n) is 13.7. The molecule has 23 heavy (non-hydrogen) atoms. The first kappa shape index (κ1) is 17.4. The van der Waals surface area contributed by atoms with Crippen molar-refractivity contribution in [2.45, 2.75) is 33.2 Å². The number of amides is 2. The first-order valence-corrected chi connectivity index (χ1v) is 8.72. The smallest absolute Gasteiger partial charge is 0.249 e. The van der Waals surface area contributed by atoms with Crippen LogP contribution in [0.2, 0.25) is 0 Å². The summed E-state index contributed by atoms with van der Waals surface area (Å²) in [6.45, 7) is 6.66. The van der Waals surface area contributed by atoms with E-state index in [1.165, 1.54) is 17.3 Å². The molecular weight excluding hydrogens is 310 g/mol. The molecule has 2 rings (SSSR count). The summed E-state index contributed by atoms with van der Waals surface area (Å²) in [4.78, 5) is 26.2. The molecule has 6 heteroatoms. The molecule has 1 aliphatic heterocycles. The van der Waals surface area contributed by atoms with Crippen molar-refractivity contribution in [2.75, 3.05) is 23.0 Å². The third-order valence-corrected chi connectivity index (χ3v) is 4.65. The van der Waals surface area contributed by atoms with Crippen LogP contribution in [-0.4, -0.2) is 35.9 Å². The van der Waals surface area contributed by atoms with E-state index < -0.39 is 6.04 Å². The maximum Gasteiger partial charge on any atom is 0.249 e. The van der Waals surface area contributed by atoms with Crippen LogP contribution in [0.5, 0.6) is 0 Å². The molecule has 1 heterocycles. The lowest BCUT2D eigenvalue weighted by atomic mass is 10.0. The van der Waals surface area contributed by atoms with E-state index in [-0.39, 0.29) is 23.3 Å². The highest BCUT2D eigenvalue weighted by molar-refractivity contribution is 8.00. The predicted molar refractivity (Wildman–Crippen MR) is 92.5 cm³/mol. The molecule has 1 N–H and O–H groups in total. The zero-order chi connectivity index (χ0) is 17.0. The minimum atomic E-state index is -0.467. The molecule has 2 amide bonds. The Morgan fingerprint density at radius 3 is 2.65 bits per heavy atom. The summed E-state index contributed by atoms with van der Waals surface area (Å²) in [6.07, 6.45) is 0.611. The van der Waals surface area contributed by atoms with Crippen molar-refractivity contribution in [2.24, 2.45) is 0 Å². The van der Waals surface area contributed by atoms with Crippen LogP contribution >= 0.6 is 11.8 Å². The summed E-state index contributed by atoms with van der Waals surface area (Å²) in [5, 5.41) is 11.3. The summed E-state index contributed by atoms with van der Waals surface area (Å²) < 4.78 is 0. The average molecular weight is 331 g/mol. The van der Waals surface area contributed by atoms with Gasteiger partial charge in [-0.3, -0.25) is 9.59 Å². The molecule has 0 saturated carbocycles. The number of nitrogens with one attached hydrogen (secondary N) is 1. The number of benzene rings is 1. The third-order valence-electron chi connectivity index (χ3n) is 3.85. The maximum absolute atomic E-state index is 12.6. The molecule has 1 aromatic rings. The number of rotatable bonds is 5. The van der Waals surface area contributed by atoms with E-state index in [1.807, 2.05) is 26.8 Å². The highest BCUT2D eigenvalue weighted by Crippen LogP contribution is 2.30. The van der Waals surface area contributed by atoms with Crippen molar-refractivity contribution in [1.82, 2.24) is 5.32 Å². The zero-order valence-corrected chi connectivity index (χ0v) is 14.5. The number of carbonyl (C=O) groups is 2. The lowest BCUT2D eigenvalue weighted by Crippen LogP contribution is -2.42. The fourth-order valence-electron chi connectivity index (χ4n) is 3.06.